The molecule has 0 radical (unpaired) electrons. The molecule has 3 N–H and O–H groups in total. The number of sulfonamides is 1. The predicted octanol–water partition coefficient (Wildman–Crippen LogP) is 0.765. The van der Waals surface area contributed by atoms with E-state index in [1.165, 1.54) is 12.1 Å². The zero-order valence-corrected chi connectivity index (χ0v) is 11.5. The van der Waals surface area contributed by atoms with Crippen molar-refractivity contribution in [3.05, 3.63) is 30.3 Å². The number of aliphatic carboxylic acids is 1. The molecule has 6 nitrogen and oxygen atoms in total. The first-order valence-corrected chi connectivity index (χ1v) is 7.46. The minimum Gasteiger partial charge on any atom is -0.481 e. The van der Waals surface area contributed by atoms with Crippen molar-refractivity contribution in [3.63, 3.8) is 0 Å². The van der Waals surface area contributed by atoms with Gasteiger partial charge in [-0.05, 0) is 25.1 Å². The molecular formula is C12H18N2O4S. The van der Waals surface area contributed by atoms with Gasteiger partial charge < -0.3 is 10.4 Å². The summed E-state index contributed by atoms with van der Waals surface area (Å²) in [6, 6.07) is 7.85. The Kier molecular flexibility index (Phi) is 5.94. The molecule has 0 saturated carbocycles. The minimum absolute atomic E-state index is 0.115. The summed E-state index contributed by atoms with van der Waals surface area (Å²) >= 11 is 0. The first-order valence-electron chi connectivity index (χ1n) is 5.98. The van der Waals surface area contributed by atoms with E-state index in [0.717, 1.165) is 6.42 Å². The third kappa shape index (κ3) is 5.37. The molecule has 106 valence electrons. The lowest BCUT2D eigenvalue weighted by Gasteiger charge is -2.18. The molecule has 0 bridgehead atoms. The molecule has 0 heterocycles. The third-order valence-electron chi connectivity index (χ3n) is 2.37. The number of benzene rings is 1. The Hall–Kier alpha value is -1.44. The largest absolute Gasteiger partial charge is 0.481 e. The van der Waals surface area contributed by atoms with E-state index in [0.29, 0.717) is 6.54 Å². The molecule has 1 aromatic carbocycles. The summed E-state index contributed by atoms with van der Waals surface area (Å²) in [7, 11) is -3.71. The van der Waals surface area contributed by atoms with Crippen LogP contribution >= 0.6 is 0 Å². The summed E-state index contributed by atoms with van der Waals surface area (Å²) in [5.41, 5.74) is 0. The molecule has 0 spiro atoms. The van der Waals surface area contributed by atoms with Crippen LogP contribution in [0.4, 0.5) is 0 Å². The fourth-order valence-electron chi connectivity index (χ4n) is 1.50. The Labute approximate surface area is 112 Å². The average Bonchev–Trinajstić information content (AvgIpc) is 2.36. The van der Waals surface area contributed by atoms with Crippen molar-refractivity contribution in [2.75, 3.05) is 6.54 Å². The van der Waals surface area contributed by atoms with Gasteiger partial charge in [-0.15, -0.1) is 0 Å². The number of carbonyl (C=O) groups is 1. The maximum Gasteiger partial charge on any atom is 0.306 e. The number of carboxylic acid groups (broad SMARTS) is 1. The Morgan fingerprint density at radius 2 is 1.95 bits per heavy atom. The fraction of sp³-hybridized carbons (Fsp3) is 0.417. The van der Waals surface area contributed by atoms with Crippen LogP contribution < -0.4 is 10.0 Å². The Balaban J connectivity index is 2.79. The summed E-state index contributed by atoms with van der Waals surface area (Å²) in [5.74, 6) is -1.07. The second kappa shape index (κ2) is 7.22. The number of rotatable bonds is 8. The first-order chi connectivity index (χ1) is 8.95. The van der Waals surface area contributed by atoms with Crippen LogP contribution in [-0.2, 0) is 14.8 Å². The molecule has 0 aliphatic heterocycles. The number of carboxylic acids is 1. The van der Waals surface area contributed by atoms with Crippen LogP contribution in [0.5, 0.6) is 0 Å². The van der Waals surface area contributed by atoms with Gasteiger partial charge in [-0.3, -0.25) is 4.79 Å². The molecule has 1 unspecified atom stereocenters. The van der Waals surface area contributed by atoms with E-state index in [1.807, 2.05) is 6.92 Å². The normalized spacial score (nSPS) is 13.1. The maximum atomic E-state index is 12.0. The lowest BCUT2D eigenvalue weighted by molar-refractivity contribution is -0.137. The van der Waals surface area contributed by atoms with Crippen molar-refractivity contribution in [1.82, 2.24) is 10.0 Å². The van der Waals surface area contributed by atoms with Gasteiger partial charge in [0.25, 0.3) is 0 Å². The SMILES string of the molecule is CCCNC(CC(=O)O)NS(=O)(=O)c1ccccc1. The fourth-order valence-corrected chi connectivity index (χ4v) is 2.70. The monoisotopic (exact) mass is 286 g/mol. The third-order valence-corrected chi connectivity index (χ3v) is 3.86. The van der Waals surface area contributed by atoms with Crippen molar-refractivity contribution in [1.29, 1.82) is 0 Å². The van der Waals surface area contributed by atoms with Crippen molar-refractivity contribution >= 4 is 16.0 Å². The summed E-state index contributed by atoms with van der Waals surface area (Å²) < 4.78 is 26.4. The highest BCUT2D eigenvalue weighted by molar-refractivity contribution is 7.89. The lowest BCUT2D eigenvalue weighted by atomic mass is 10.3. The topological polar surface area (TPSA) is 95.5 Å². The van der Waals surface area contributed by atoms with Crippen LogP contribution in [-0.4, -0.2) is 32.2 Å². The summed E-state index contributed by atoms with van der Waals surface area (Å²) in [6.07, 6.45) is -0.349. The quantitative estimate of drug-likeness (QED) is 0.613. The summed E-state index contributed by atoms with van der Waals surface area (Å²) in [6.45, 7) is 2.45. The Morgan fingerprint density at radius 3 is 2.47 bits per heavy atom. The molecule has 0 aliphatic carbocycles. The zero-order chi connectivity index (χ0) is 14.3. The predicted molar refractivity (Wildman–Crippen MR) is 71.1 cm³/mol. The van der Waals surface area contributed by atoms with Gasteiger partial charge in [0.2, 0.25) is 10.0 Å². The van der Waals surface area contributed by atoms with Gasteiger partial charge in [-0.2, -0.15) is 4.72 Å². The standard InChI is InChI=1S/C12H18N2O4S/c1-2-8-13-11(9-12(15)16)14-19(17,18)10-6-4-3-5-7-10/h3-7,11,13-14H,2,8-9H2,1H3,(H,15,16). The van der Waals surface area contributed by atoms with Crippen LogP contribution in [0.2, 0.25) is 0 Å². The van der Waals surface area contributed by atoms with E-state index in [-0.39, 0.29) is 11.3 Å². The van der Waals surface area contributed by atoms with E-state index in [1.54, 1.807) is 18.2 Å². The molecule has 0 aromatic heterocycles. The molecule has 1 aromatic rings. The second-order valence-electron chi connectivity index (χ2n) is 4.04. The number of hydrogen-bond donors (Lipinski definition) is 3. The summed E-state index contributed by atoms with van der Waals surface area (Å²) in [4.78, 5) is 10.8. The van der Waals surface area contributed by atoms with E-state index in [4.69, 9.17) is 5.11 Å². The molecular weight excluding hydrogens is 268 g/mol. The van der Waals surface area contributed by atoms with Crippen LogP contribution in [0.3, 0.4) is 0 Å². The van der Waals surface area contributed by atoms with E-state index in [9.17, 15) is 13.2 Å². The highest BCUT2D eigenvalue weighted by Crippen LogP contribution is 2.08. The first kappa shape index (κ1) is 15.6. The van der Waals surface area contributed by atoms with Gasteiger partial charge in [0.15, 0.2) is 0 Å². The molecule has 0 amide bonds. The maximum absolute atomic E-state index is 12.0. The van der Waals surface area contributed by atoms with Crippen LogP contribution in [0.15, 0.2) is 35.2 Å². The highest BCUT2D eigenvalue weighted by Gasteiger charge is 2.21. The average molecular weight is 286 g/mol. The van der Waals surface area contributed by atoms with Crippen molar-refractivity contribution in [3.8, 4) is 0 Å². The van der Waals surface area contributed by atoms with Gasteiger partial charge in [0, 0.05) is 0 Å². The van der Waals surface area contributed by atoms with Gasteiger partial charge >= 0.3 is 5.97 Å². The number of nitrogens with one attached hydrogen (secondary N) is 2. The van der Waals surface area contributed by atoms with E-state index in [2.05, 4.69) is 10.0 Å². The van der Waals surface area contributed by atoms with Crippen molar-refractivity contribution in [2.45, 2.75) is 30.8 Å². The Bertz CT molecular complexity index is 502. The van der Waals surface area contributed by atoms with Crippen molar-refractivity contribution in [2.24, 2.45) is 0 Å². The molecule has 0 fully saturated rings. The van der Waals surface area contributed by atoms with E-state index >= 15 is 0 Å². The van der Waals surface area contributed by atoms with Crippen LogP contribution in [0.25, 0.3) is 0 Å². The van der Waals surface area contributed by atoms with Gasteiger partial charge in [0.1, 0.15) is 0 Å². The lowest BCUT2D eigenvalue weighted by Crippen LogP contribution is -2.46. The van der Waals surface area contributed by atoms with E-state index < -0.39 is 22.2 Å². The van der Waals surface area contributed by atoms with Gasteiger partial charge in [-0.1, -0.05) is 25.1 Å². The smallest absolute Gasteiger partial charge is 0.306 e. The molecule has 1 rings (SSSR count). The zero-order valence-electron chi connectivity index (χ0n) is 10.7. The molecule has 7 heteroatoms. The summed E-state index contributed by atoms with van der Waals surface area (Å²) in [5, 5.41) is 11.6. The highest BCUT2D eigenvalue weighted by atomic mass is 32.2. The van der Waals surface area contributed by atoms with Crippen LogP contribution in [0, 0.1) is 0 Å². The van der Waals surface area contributed by atoms with Gasteiger partial charge in [0.05, 0.1) is 17.5 Å². The minimum atomic E-state index is -3.71. The second-order valence-corrected chi connectivity index (χ2v) is 5.75. The van der Waals surface area contributed by atoms with Crippen molar-refractivity contribution < 1.29 is 18.3 Å². The Morgan fingerprint density at radius 1 is 1.32 bits per heavy atom. The molecule has 0 aliphatic rings. The van der Waals surface area contributed by atoms with Gasteiger partial charge in [-0.25, -0.2) is 8.42 Å². The van der Waals surface area contributed by atoms with Crippen LogP contribution in [0.1, 0.15) is 19.8 Å². The number of hydrogen-bond acceptors (Lipinski definition) is 4. The molecule has 0 saturated heterocycles. The molecule has 19 heavy (non-hydrogen) atoms. The molecule has 1 atom stereocenters.